The van der Waals surface area contributed by atoms with Crippen molar-refractivity contribution in [2.24, 2.45) is 0 Å². The lowest BCUT2D eigenvalue weighted by Gasteiger charge is -2.20. The Hall–Kier alpha value is -2.65. The van der Waals surface area contributed by atoms with Gasteiger partial charge in [-0.3, -0.25) is 0 Å². The lowest BCUT2D eigenvalue weighted by atomic mass is 10.1. The molecule has 0 aliphatic carbocycles. The van der Waals surface area contributed by atoms with E-state index in [4.69, 9.17) is 11.6 Å². The van der Waals surface area contributed by atoms with E-state index in [9.17, 15) is 13.7 Å². The van der Waals surface area contributed by atoms with Crippen molar-refractivity contribution in [3.8, 4) is 6.07 Å². The van der Waals surface area contributed by atoms with Crippen LogP contribution < -0.4 is 0 Å². The fourth-order valence-corrected chi connectivity index (χ4v) is 3.95. The summed E-state index contributed by atoms with van der Waals surface area (Å²) in [4.78, 5) is 0.178. The van der Waals surface area contributed by atoms with Crippen LogP contribution in [0, 0.1) is 11.3 Å². The van der Waals surface area contributed by atoms with Crippen molar-refractivity contribution in [1.82, 2.24) is 4.31 Å². The van der Waals surface area contributed by atoms with Crippen LogP contribution in [-0.4, -0.2) is 25.8 Å². The molecule has 0 atom stereocenters. The Balaban J connectivity index is 2.37. The Bertz CT molecular complexity index is 990. The topological polar surface area (TPSA) is 61.2 Å². The highest BCUT2D eigenvalue weighted by Crippen LogP contribution is 2.19. The Labute approximate surface area is 165 Å². The molecule has 0 aliphatic heterocycles. The lowest BCUT2D eigenvalue weighted by molar-refractivity contribution is 0.470. The normalized spacial score (nSPS) is 12.3. The second-order valence-corrected chi connectivity index (χ2v) is 7.99. The fourth-order valence-electron chi connectivity index (χ4n) is 2.36. The summed E-state index contributed by atoms with van der Waals surface area (Å²) in [6.45, 7) is 3.66. The minimum absolute atomic E-state index is 0.0538. The monoisotopic (exact) mass is 398 g/mol. The third-order valence-electron chi connectivity index (χ3n) is 3.64. The Morgan fingerprint density at radius 2 is 1.93 bits per heavy atom. The van der Waals surface area contributed by atoms with Gasteiger partial charge in [0.2, 0.25) is 10.0 Å². The molecule has 2 aromatic carbocycles. The predicted octanol–water partition coefficient (Wildman–Crippen LogP) is 4.68. The number of benzene rings is 2. The third-order valence-corrected chi connectivity index (χ3v) is 5.70. The molecule has 0 fully saturated rings. The zero-order valence-electron chi connectivity index (χ0n) is 14.6. The molecular weight excluding hydrogens is 380 g/mol. The molecule has 0 saturated carbocycles. The average molecular weight is 399 g/mol. The van der Waals surface area contributed by atoms with E-state index >= 15 is 0 Å². The number of nitriles is 1. The van der Waals surface area contributed by atoms with Gasteiger partial charge in [0, 0.05) is 23.7 Å². The van der Waals surface area contributed by atoms with Gasteiger partial charge in [0.05, 0.1) is 11.0 Å². The molecule has 0 heterocycles. The van der Waals surface area contributed by atoms with E-state index in [-0.39, 0.29) is 18.0 Å². The minimum atomic E-state index is -3.76. The van der Waals surface area contributed by atoms with Crippen molar-refractivity contribution in [2.45, 2.75) is 4.90 Å². The SMILES string of the molecule is C=C/C=C/CN(C/C(C#N)=C/c1cccc(Cl)c1)S(=O)(=O)c1ccccc1. The standard InChI is InChI=1S/C21H19ClN2O2S/c1-2-3-7-13-24(27(25,26)21-11-5-4-6-12-21)17-19(16-23)14-18-9-8-10-20(22)15-18/h2-12,14-15H,1,13,17H2/b7-3+,19-14+. The Kier molecular flexibility index (Phi) is 7.56. The molecule has 2 rings (SSSR count). The molecule has 0 saturated heterocycles. The highest BCUT2D eigenvalue weighted by atomic mass is 35.5. The van der Waals surface area contributed by atoms with E-state index in [2.05, 4.69) is 12.6 Å². The summed E-state index contributed by atoms with van der Waals surface area (Å²) in [7, 11) is -3.76. The molecule has 0 aromatic heterocycles. The molecule has 0 radical (unpaired) electrons. The van der Waals surface area contributed by atoms with Crippen LogP contribution in [0.5, 0.6) is 0 Å². The lowest BCUT2D eigenvalue weighted by Crippen LogP contribution is -2.33. The number of halogens is 1. The molecule has 0 spiro atoms. The second kappa shape index (κ2) is 9.89. The first kappa shape index (κ1) is 20.7. The molecule has 27 heavy (non-hydrogen) atoms. The van der Waals surface area contributed by atoms with Gasteiger partial charge in [-0.25, -0.2) is 8.42 Å². The zero-order valence-corrected chi connectivity index (χ0v) is 16.2. The largest absolute Gasteiger partial charge is 0.243 e. The van der Waals surface area contributed by atoms with Crippen molar-refractivity contribution >= 4 is 27.7 Å². The van der Waals surface area contributed by atoms with Gasteiger partial charge in [0.25, 0.3) is 0 Å². The average Bonchev–Trinajstić information content (AvgIpc) is 2.67. The van der Waals surface area contributed by atoms with Gasteiger partial charge in [-0.05, 0) is 35.9 Å². The van der Waals surface area contributed by atoms with E-state index in [0.29, 0.717) is 10.6 Å². The van der Waals surface area contributed by atoms with E-state index in [1.165, 1.54) is 16.4 Å². The zero-order chi connectivity index (χ0) is 19.7. The molecule has 0 unspecified atom stereocenters. The van der Waals surface area contributed by atoms with Crippen LogP contribution >= 0.6 is 11.6 Å². The van der Waals surface area contributed by atoms with Crippen LogP contribution in [0.15, 0.2) is 89.9 Å². The van der Waals surface area contributed by atoms with Gasteiger partial charge in [0.15, 0.2) is 0 Å². The van der Waals surface area contributed by atoms with E-state index in [0.717, 1.165) is 5.56 Å². The molecular formula is C21H19ClN2O2S. The van der Waals surface area contributed by atoms with Crippen LogP contribution in [0.3, 0.4) is 0 Å². The number of rotatable bonds is 8. The van der Waals surface area contributed by atoms with Gasteiger partial charge in [-0.1, -0.05) is 66.7 Å². The maximum Gasteiger partial charge on any atom is 0.243 e. The van der Waals surface area contributed by atoms with Crippen molar-refractivity contribution in [3.05, 3.63) is 95.6 Å². The quantitative estimate of drug-likeness (QED) is 0.479. The fraction of sp³-hybridized carbons (Fsp3) is 0.0952. The summed E-state index contributed by atoms with van der Waals surface area (Å²) in [6, 6.07) is 17.3. The smallest absolute Gasteiger partial charge is 0.207 e. The number of sulfonamides is 1. The van der Waals surface area contributed by atoms with Crippen LogP contribution in [0.2, 0.25) is 5.02 Å². The molecule has 138 valence electrons. The van der Waals surface area contributed by atoms with Gasteiger partial charge in [-0.15, -0.1) is 0 Å². The molecule has 0 amide bonds. The summed E-state index contributed by atoms with van der Waals surface area (Å²) in [5.41, 5.74) is 1.04. The summed E-state index contributed by atoms with van der Waals surface area (Å²) in [5.74, 6) is 0. The van der Waals surface area contributed by atoms with Crippen LogP contribution in [0.4, 0.5) is 0 Å². The molecule has 6 heteroatoms. The predicted molar refractivity (Wildman–Crippen MR) is 110 cm³/mol. The van der Waals surface area contributed by atoms with Crippen molar-refractivity contribution < 1.29 is 8.42 Å². The summed E-state index contributed by atoms with van der Waals surface area (Å²) in [6.07, 6.45) is 6.55. The Morgan fingerprint density at radius 3 is 2.56 bits per heavy atom. The number of hydrogen-bond acceptors (Lipinski definition) is 3. The van der Waals surface area contributed by atoms with Gasteiger partial charge >= 0.3 is 0 Å². The van der Waals surface area contributed by atoms with Crippen molar-refractivity contribution in [1.29, 1.82) is 5.26 Å². The van der Waals surface area contributed by atoms with Crippen molar-refractivity contribution in [3.63, 3.8) is 0 Å². The molecule has 4 nitrogen and oxygen atoms in total. The Morgan fingerprint density at radius 1 is 1.19 bits per heavy atom. The molecule has 0 aliphatic rings. The van der Waals surface area contributed by atoms with E-state index in [1.54, 1.807) is 66.8 Å². The highest BCUT2D eigenvalue weighted by molar-refractivity contribution is 7.89. The number of hydrogen-bond donors (Lipinski definition) is 0. The van der Waals surface area contributed by atoms with Gasteiger partial charge in [-0.2, -0.15) is 9.57 Å². The molecule has 0 N–H and O–H groups in total. The first-order valence-electron chi connectivity index (χ1n) is 8.16. The summed E-state index contributed by atoms with van der Waals surface area (Å²) >= 11 is 5.98. The minimum Gasteiger partial charge on any atom is -0.207 e. The number of nitrogens with zero attached hydrogens (tertiary/aromatic N) is 2. The highest BCUT2D eigenvalue weighted by Gasteiger charge is 2.24. The van der Waals surface area contributed by atoms with Crippen LogP contribution in [-0.2, 0) is 10.0 Å². The first-order chi connectivity index (χ1) is 13.0. The van der Waals surface area contributed by atoms with Crippen LogP contribution in [0.25, 0.3) is 6.08 Å². The van der Waals surface area contributed by atoms with Gasteiger partial charge < -0.3 is 0 Å². The van der Waals surface area contributed by atoms with Crippen molar-refractivity contribution in [2.75, 3.05) is 13.1 Å². The third kappa shape index (κ3) is 5.93. The number of allylic oxidation sites excluding steroid dienone is 2. The molecule has 0 bridgehead atoms. The van der Waals surface area contributed by atoms with E-state index in [1.807, 2.05) is 0 Å². The first-order valence-corrected chi connectivity index (χ1v) is 9.98. The second-order valence-electron chi connectivity index (χ2n) is 5.61. The van der Waals surface area contributed by atoms with Crippen LogP contribution in [0.1, 0.15) is 5.56 Å². The summed E-state index contributed by atoms with van der Waals surface area (Å²) in [5, 5.41) is 10.1. The maximum absolute atomic E-state index is 13.0. The van der Waals surface area contributed by atoms with Gasteiger partial charge in [0.1, 0.15) is 0 Å². The maximum atomic E-state index is 13.0. The summed E-state index contributed by atoms with van der Waals surface area (Å²) < 4.78 is 27.2. The molecule has 2 aromatic rings. The van der Waals surface area contributed by atoms with E-state index < -0.39 is 10.0 Å².